The summed E-state index contributed by atoms with van der Waals surface area (Å²) in [6.07, 6.45) is 0.657. The maximum Gasteiger partial charge on any atom is 0.153 e. The first-order chi connectivity index (χ1) is 5.15. The van der Waals surface area contributed by atoms with E-state index in [1.807, 2.05) is 35.6 Å². The van der Waals surface area contributed by atoms with Gasteiger partial charge in [-0.1, -0.05) is 0 Å². The molecule has 0 radical (unpaired) electrons. The van der Waals surface area contributed by atoms with E-state index in [9.17, 15) is 9.90 Å². The number of phenols is 1. The fourth-order valence-electron chi connectivity index (χ4n) is 0.851. The highest BCUT2D eigenvalue weighted by molar-refractivity contribution is 14.1. The quantitative estimate of drug-likeness (QED) is 0.621. The summed E-state index contributed by atoms with van der Waals surface area (Å²) in [6.45, 7) is 1.88. The standard InChI is InChI=1S/C8H7IO2/c1-5-2-6(4-10)8(11)7(9)3-5/h2-4,11H,1H3. The summed E-state index contributed by atoms with van der Waals surface area (Å²) in [5, 5.41) is 9.28. The Morgan fingerprint density at radius 2 is 2.18 bits per heavy atom. The summed E-state index contributed by atoms with van der Waals surface area (Å²) in [7, 11) is 0. The van der Waals surface area contributed by atoms with Crippen LogP contribution in [-0.2, 0) is 0 Å². The van der Waals surface area contributed by atoms with Crippen molar-refractivity contribution in [3.05, 3.63) is 26.8 Å². The SMILES string of the molecule is Cc1cc(I)c(O)c(C=O)c1. The average Bonchev–Trinajstić information content (AvgIpc) is 1.96. The monoisotopic (exact) mass is 262 g/mol. The summed E-state index contributed by atoms with van der Waals surface area (Å²) in [6, 6.07) is 3.48. The zero-order valence-corrected chi connectivity index (χ0v) is 8.12. The third-order valence-corrected chi connectivity index (χ3v) is 2.19. The van der Waals surface area contributed by atoms with Crippen LogP contribution in [0.1, 0.15) is 15.9 Å². The van der Waals surface area contributed by atoms with Crippen LogP contribution in [-0.4, -0.2) is 11.4 Å². The number of hydrogen-bond acceptors (Lipinski definition) is 2. The number of aldehydes is 1. The fourth-order valence-corrected chi connectivity index (χ4v) is 1.65. The minimum atomic E-state index is 0.0752. The molecule has 0 heterocycles. The van der Waals surface area contributed by atoms with Gasteiger partial charge in [-0.05, 0) is 47.2 Å². The number of benzene rings is 1. The summed E-state index contributed by atoms with van der Waals surface area (Å²) in [5.74, 6) is 0.0752. The molecule has 1 rings (SSSR count). The third-order valence-electron chi connectivity index (χ3n) is 1.36. The Kier molecular flexibility index (Phi) is 2.49. The van der Waals surface area contributed by atoms with E-state index in [0.29, 0.717) is 15.4 Å². The lowest BCUT2D eigenvalue weighted by atomic mass is 10.1. The van der Waals surface area contributed by atoms with Gasteiger partial charge >= 0.3 is 0 Å². The molecule has 0 saturated heterocycles. The molecule has 1 aromatic carbocycles. The van der Waals surface area contributed by atoms with E-state index in [0.717, 1.165) is 5.56 Å². The van der Waals surface area contributed by atoms with E-state index in [4.69, 9.17) is 0 Å². The zero-order chi connectivity index (χ0) is 8.43. The van der Waals surface area contributed by atoms with E-state index in [1.165, 1.54) is 0 Å². The zero-order valence-electron chi connectivity index (χ0n) is 5.97. The lowest BCUT2D eigenvalue weighted by Crippen LogP contribution is -1.86. The molecule has 0 aromatic heterocycles. The van der Waals surface area contributed by atoms with Crippen molar-refractivity contribution in [1.82, 2.24) is 0 Å². The first-order valence-electron chi connectivity index (χ1n) is 3.09. The Hall–Kier alpha value is -0.580. The van der Waals surface area contributed by atoms with E-state index in [-0.39, 0.29) is 5.75 Å². The smallest absolute Gasteiger partial charge is 0.153 e. The van der Waals surface area contributed by atoms with Crippen LogP contribution in [0.2, 0.25) is 0 Å². The largest absolute Gasteiger partial charge is 0.506 e. The minimum absolute atomic E-state index is 0.0752. The molecule has 0 spiro atoms. The number of aromatic hydroxyl groups is 1. The Labute approximate surface area is 78.4 Å². The molecule has 3 heteroatoms. The van der Waals surface area contributed by atoms with Gasteiger partial charge in [-0.3, -0.25) is 4.79 Å². The molecule has 0 aliphatic carbocycles. The molecule has 0 amide bonds. The second-order valence-electron chi connectivity index (χ2n) is 2.30. The van der Waals surface area contributed by atoms with Gasteiger partial charge in [-0.2, -0.15) is 0 Å². The van der Waals surface area contributed by atoms with Gasteiger partial charge < -0.3 is 5.11 Å². The molecule has 1 N–H and O–H groups in total. The predicted octanol–water partition coefficient (Wildman–Crippen LogP) is 2.12. The number of carbonyl (C=O) groups is 1. The Balaban J connectivity index is 3.35. The number of carbonyl (C=O) groups excluding carboxylic acids is 1. The van der Waals surface area contributed by atoms with Crippen molar-refractivity contribution in [2.24, 2.45) is 0 Å². The van der Waals surface area contributed by atoms with Gasteiger partial charge in [0.1, 0.15) is 5.75 Å². The van der Waals surface area contributed by atoms with Gasteiger partial charge in [0.05, 0.1) is 9.13 Å². The predicted molar refractivity (Wildman–Crippen MR) is 50.9 cm³/mol. The van der Waals surface area contributed by atoms with Crippen LogP contribution in [0.3, 0.4) is 0 Å². The molecular weight excluding hydrogens is 255 g/mol. The van der Waals surface area contributed by atoms with E-state index >= 15 is 0 Å². The lowest BCUT2D eigenvalue weighted by molar-refractivity contribution is 0.112. The van der Waals surface area contributed by atoms with Gasteiger partial charge in [0, 0.05) is 0 Å². The van der Waals surface area contributed by atoms with Crippen molar-refractivity contribution < 1.29 is 9.90 Å². The van der Waals surface area contributed by atoms with Crippen LogP contribution >= 0.6 is 22.6 Å². The third kappa shape index (κ3) is 1.71. The van der Waals surface area contributed by atoms with Crippen LogP contribution in [0.4, 0.5) is 0 Å². The second kappa shape index (κ2) is 3.21. The van der Waals surface area contributed by atoms with Crippen molar-refractivity contribution >= 4 is 28.9 Å². The normalized spacial score (nSPS) is 9.64. The van der Waals surface area contributed by atoms with Crippen molar-refractivity contribution in [1.29, 1.82) is 0 Å². The minimum Gasteiger partial charge on any atom is -0.506 e. The van der Waals surface area contributed by atoms with Gasteiger partial charge in [0.2, 0.25) is 0 Å². The second-order valence-corrected chi connectivity index (χ2v) is 3.46. The maximum absolute atomic E-state index is 10.4. The molecule has 0 fully saturated rings. The van der Waals surface area contributed by atoms with Crippen LogP contribution in [0, 0.1) is 10.5 Å². The van der Waals surface area contributed by atoms with E-state index in [1.54, 1.807) is 6.07 Å². The van der Waals surface area contributed by atoms with Gasteiger partial charge in [0.25, 0.3) is 0 Å². The summed E-state index contributed by atoms with van der Waals surface area (Å²) < 4.78 is 0.713. The molecule has 0 aliphatic rings. The molecule has 0 atom stereocenters. The highest BCUT2D eigenvalue weighted by Crippen LogP contribution is 2.24. The number of phenolic OH excluding ortho intramolecular Hbond substituents is 1. The average molecular weight is 262 g/mol. The number of aryl methyl sites for hydroxylation is 1. The van der Waals surface area contributed by atoms with Gasteiger partial charge in [0.15, 0.2) is 6.29 Å². The summed E-state index contributed by atoms with van der Waals surface area (Å²) in [5.41, 5.74) is 1.34. The molecular formula is C8H7IO2. The van der Waals surface area contributed by atoms with Gasteiger partial charge in [-0.15, -0.1) is 0 Å². The number of hydrogen-bond donors (Lipinski definition) is 1. The lowest BCUT2D eigenvalue weighted by Gasteiger charge is -2.01. The Bertz CT molecular complexity index is 294. The maximum atomic E-state index is 10.4. The summed E-state index contributed by atoms with van der Waals surface area (Å²) in [4.78, 5) is 10.4. The van der Waals surface area contributed by atoms with Crippen LogP contribution in [0.25, 0.3) is 0 Å². The van der Waals surface area contributed by atoms with Crippen LogP contribution in [0.5, 0.6) is 5.75 Å². The van der Waals surface area contributed by atoms with Crippen LogP contribution < -0.4 is 0 Å². The van der Waals surface area contributed by atoms with Crippen molar-refractivity contribution in [3.63, 3.8) is 0 Å². The first kappa shape index (κ1) is 8.52. The van der Waals surface area contributed by atoms with Crippen molar-refractivity contribution in [2.45, 2.75) is 6.92 Å². The Morgan fingerprint density at radius 3 is 2.73 bits per heavy atom. The first-order valence-corrected chi connectivity index (χ1v) is 4.17. The Morgan fingerprint density at radius 1 is 1.55 bits per heavy atom. The molecule has 1 aromatic rings. The topological polar surface area (TPSA) is 37.3 Å². The molecule has 0 bridgehead atoms. The number of rotatable bonds is 1. The van der Waals surface area contributed by atoms with Crippen molar-refractivity contribution in [2.75, 3.05) is 0 Å². The summed E-state index contributed by atoms with van der Waals surface area (Å²) >= 11 is 1.99. The van der Waals surface area contributed by atoms with Gasteiger partial charge in [-0.25, -0.2) is 0 Å². The molecule has 58 valence electrons. The van der Waals surface area contributed by atoms with E-state index in [2.05, 4.69) is 0 Å². The number of halogens is 1. The highest BCUT2D eigenvalue weighted by Gasteiger charge is 2.04. The molecule has 0 unspecified atom stereocenters. The molecule has 0 aliphatic heterocycles. The highest BCUT2D eigenvalue weighted by atomic mass is 127. The fraction of sp³-hybridized carbons (Fsp3) is 0.125. The molecule has 11 heavy (non-hydrogen) atoms. The van der Waals surface area contributed by atoms with Crippen LogP contribution in [0.15, 0.2) is 12.1 Å². The van der Waals surface area contributed by atoms with E-state index < -0.39 is 0 Å². The molecule has 2 nitrogen and oxygen atoms in total. The van der Waals surface area contributed by atoms with Crippen molar-refractivity contribution in [3.8, 4) is 5.75 Å². The molecule has 0 saturated carbocycles.